The normalized spacial score (nSPS) is 11.3. The van der Waals surface area contributed by atoms with E-state index in [9.17, 15) is 0 Å². The molecule has 0 aliphatic carbocycles. The summed E-state index contributed by atoms with van der Waals surface area (Å²) in [7, 11) is 3.30. The Labute approximate surface area is 185 Å². The molecule has 0 aromatic heterocycles. The second kappa shape index (κ2) is 14.3. The summed E-state index contributed by atoms with van der Waals surface area (Å²) in [5.41, 5.74) is 3.29. The van der Waals surface area contributed by atoms with Crippen molar-refractivity contribution in [1.29, 1.82) is 0 Å². The first kappa shape index (κ1) is 24.5. The van der Waals surface area contributed by atoms with Gasteiger partial charge < -0.3 is 29.6 Å². The zero-order valence-electron chi connectivity index (χ0n) is 19.1. The van der Waals surface area contributed by atoms with E-state index in [2.05, 4.69) is 28.8 Å². The predicted molar refractivity (Wildman–Crippen MR) is 124 cm³/mol. The van der Waals surface area contributed by atoms with Crippen LogP contribution in [0.3, 0.4) is 0 Å². The van der Waals surface area contributed by atoms with Crippen molar-refractivity contribution in [3.63, 3.8) is 0 Å². The quantitative estimate of drug-likeness (QED) is 0.288. The Kier molecular flexibility index (Phi) is 11.3. The van der Waals surface area contributed by atoms with Crippen LogP contribution in [0, 0.1) is 0 Å². The van der Waals surface area contributed by atoms with Gasteiger partial charge in [0.1, 0.15) is 11.5 Å². The molecule has 0 bridgehead atoms. The fourth-order valence-corrected chi connectivity index (χ4v) is 2.96. The van der Waals surface area contributed by atoms with Gasteiger partial charge in [0, 0.05) is 31.3 Å². The van der Waals surface area contributed by atoms with E-state index in [0.717, 1.165) is 40.7 Å². The molecule has 2 N–H and O–H groups in total. The fraction of sp³-hybridized carbons (Fsp3) is 0.458. The lowest BCUT2D eigenvalue weighted by Gasteiger charge is -2.14. The van der Waals surface area contributed by atoms with Crippen LogP contribution >= 0.6 is 0 Å². The molecule has 7 heteroatoms. The fourth-order valence-electron chi connectivity index (χ4n) is 2.96. The summed E-state index contributed by atoms with van der Waals surface area (Å²) in [6.45, 7) is 8.47. The molecule has 0 saturated carbocycles. The number of methoxy groups -OCH3 is 2. The van der Waals surface area contributed by atoms with Gasteiger partial charge in [0.05, 0.1) is 40.6 Å². The highest BCUT2D eigenvalue weighted by molar-refractivity contribution is 5.79. The Bertz CT molecular complexity index is 811. The van der Waals surface area contributed by atoms with Gasteiger partial charge in [-0.05, 0) is 37.1 Å². The molecule has 0 unspecified atom stereocenters. The minimum Gasteiger partial charge on any atom is -0.497 e. The summed E-state index contributed by atoms with van der Waals surface area (Å²) in [4.78, 5) is 4.72. The van der Waals surface area contributed by atoms with E-state index >= 15 is 0 Å². The Balaban J connectivity index is 1.94. The van der Waals surface area contributed by atoms with Crippen molar-refractivity contribution in [1.82, 2.24) is 10.6 Å². The monoisotopic (exact) mass is 429 g/mol. The minimum absolute atomic E-state index is 0.570. The highest BCUT2D eigenvalue weighted by atomic mass is 16.5. The van der Waals surface area contributed by atoms with Crippen molar-refractivity contribution >= 4 is 5.96 Å². The summed E-state index contributed by atoms with van der Waals surface area (Å²) < 4.78 is 21.7. The van der Waals surface area contributed by atoms with Crippen LogP contribution in [-0.4, -0.2) is 46.5 Å². The standard InChI is InChI=1S/C24H35N3O4/c1-5-25-24(27-17-21-10-11-22(28-3)15-23(21)29-4)26-16-19-8-7-9-20(14-19)18-31-13-12-30-6-2/h7-11,14-15H,5-6,12-13,16-18H2,1-4H3,(H2,25,26,27). The molecule has 0 aliphatic rings. The van der Waals surface area contributed by atoms with Gasteiger partial charge in [-0.15, -0.1) is 0 Å². The maximum atomic E-state index is 5.66. The van der Waals surface area contributed by atoms with Crippen LogP contribution in [-0.2, 0) is 29.2 Å². The highest BCUT2D eigenvalue weighted by Gasteiger charge is 2.06. The van der Waals surface area contributed by atoms with Crippen molar-refractivity contribution in [3.05, 3.63) is 59.2 Å². The van der Waals surface area contributed by atoms with Crippen LogP contribution in [0.1, 0.15) is 30.5 Å². The Morgan fingerprint density at radius 3 is 2.45 bits per heavy atom. The largest absolute Gasteiger partial charge is 0.497 e. The van der Waals surface area contributed by atoms with Gasteiger partial charge in [-0.1, -0.05) is 24.3 Å². The Hall–Kier alpha value is -2.77. The first-order valence-electron chi connectivity index (χ1n) is 10.7. The van der Waals surface area contributed by atoms with E-state index in [1.54, 1.807) is 14.2 Å². The lowest BCUT2D eigenvalue weighted by atomic mass is 10.1. The first-order chi connectivity index (χ1) is 15.2. The molecular weight excluding hydrogens is 394 g/mol. The van der Waals surface area contributed by atoms with Crippen LogP contribution in [0.2, 0.25) is 0 Å². The van der Waals surface area contributed by atoms with Crippen LogP contribution in [0.4, 0.5) is 0 Å². The van der Waals surface area contributed by atoms with Gasteiger partial charge in [-0.25, -0.2) is 4.99 Å². The number of guanidine groups is 1. The van der Waals surface area contributed by atoms with Crippen molar-refractivity contribution in [2.45, 2.75) is 33.5 Å². The number of ether oxygens (including phenoxy) is 4. The van der Waals surface area contributed by atoms with E-state index < -0.39 is 0 Å². The summed E-state index contributed by atoms with van der Waals surface area (Å²) in [5, 5.41) is 6.65. The van der Waals surface area contributed by atoms with E-state index in [1.807, 2.05) is 38.1 Å². The van der Waals surface area contributed by atoms with Crippen LogP contribution < -0.4 is 20.1 Å². The zero-order valence-corrected chi connectivity index (χ0v) is 19.1. The maximum absolute atomic E-state index is 5.66. The van der Waals surface area contributed by atoms with Crippen molar-refractivity contribution in [2.75, 3.05) is 40.6 Å². The summed E-state index contributed by atoms with van der Waals surface area (Å²) in [6, 6.07) is 14.1. The van der Waals surface area contributed by atoms with Gasteiger partial charge in [0.25, 0.3) is 0 Å². The highest BCUT2D eigenvalue weighted by Crippen LogP contribution is 2.24. The lowest BCUT2D eigenvalue weighted by molar-refractivity contribution is 0.0453. The third kappa shape index (κ3) is 8.86. The Morgan fingerprint density at radius 1 is 0.903 bits per heavy atom. The minimum atomic E-state index is 0.570. The van der Waals surface area contributed by atoms with Crippen LogP contribution in [0.15, 0.2) is 47.5 Å². The third-order valence-electron chi connectivity index (χ3n) is 4.54. The molecule has 170 valence electrons. The van der Waals surface area contributed by atoms with Crippen molar-refractivity contribution in [2.24, 2.45) is 4.99 Å². The van der Waals surface area contributed by atoms with Gasteiger partial charge in [-0.2, -0.15) is 0 Å². The Morgan fingerprint density at radius 2 is 1.71 bits per heavy atom. The summed E-state index contributed by atoms with van der Waals surface area (Å²) >= 11 is 0. The van der Waals surface area contributed by atoms with Crippen LogP contribution in [0.25, 0.3) is 0 Å². The maximum Gasteiger partial charge on any atom is 0.191 e. The molecule has 0 fully saturated rings. The second-order valence-corrected chi connectivity index (χ2v) is 6.80. The number of hydrogen-bond acceptors (Lipinski definition) is 5. The number of hydrogen-bond donors (Lipinski definition) is 2. The van der Waals surface area contributed by atoms with Gasteiger partial charge >= 0.3 is 0 Å². The summed E-state index contributed by atoms with van der Waals surface area (Å²) in [6.07, 6.45) is 0. The molecule has 0 radical (unpaired) electrons. The van der Waals surface area contributed by atoms with Crippen molar-refractivity contribution in [3.8, 4) is 11.5 Å². The second-order valence-electron chi connectivity index (χ2n) is 6.80. The molecule has 0 aliphatic heterocycles. The van der Waals surface area contributed by atoms with Gasteiger partial charge in [-0.3, -0.25) is 0 Å². The van der Waals surface area contributed by atoms with E-state index in [1.165, 1.54) is 0 Å². The number of benzene rings is 2. The summed E-state index contributed by atoms with van der Waals surface area (Å²) in [5.74, 6) is 2.29. The smallest absolute Gasteiger partial charge is 0.191 e. The lowest BCUT2D eigenvalue weighted by Crippen LogP contribution is -2.36. The molecule has 2 aromatic carbocycles. The number of aliphatic imine (C=N–C) groups is 1. The SMILES string of the molecule is CCNC(=NCc1cccc(COCCOCC)c1)NCc1ccc(OC)cc1OC. The molecule has 0 saturated heterocycles. The zero-order chi connectivity index (χ0) is 22.3. The topological polar surface area (TPSA) is 73.3 Å². The molecule has 31 heavy (non-hydrogen) atoms. The molecule has 0 spiro atoms. The molecule has 0 heterocycles. The van der Waals surface area contributed by atoms with Crippen molar-refractivity contribution < 1.29 is 18.9 Å². The third-order valence-corrected chi connectivity index (χ3v) is 4.54. The molecule has 2 rings (SSSR count). The van der Waals surface area contributed by atoms with Gasteiger partial charge in [0.2, 0.25) is 0 Å². The van der Waals surface area contributed by atoms with Gasteiger partial charge in [0.15, 0.2) is 5.96 Å². The van der Waals surface area contributed by atoms with E-state index in [0.29, 0.717) is 39.5 Å². The molecule has 2 aromatic rings. The van der Waals surface area contributed by atoms with E-state index in [-0.39, 0.29) is 0 Å². The van der Waals surface area contributed by atoms with Crippen LogP contribution in [0.5, 0.6) is 11.5 Å². The predicted octanol–water partition coefficient (Wildman–Crippen LogP) is 3.51. The molecule has 7 nitrogen and oxygen atoms in total. The number of rotatable bonds is 13. The molecule has 0 amide bonds. The molecular formula is C24H35N3O4. The number of nitrogens with zero attached hydrogens (tertiary/aromatic N) is 1. The number of nitrogens with one attached hydrogen (secondary N) is 2. The first-order valence-corrected chi connectivity index (χ1v) is 10.7. The molecule has 0 atom stereocenters. The average molecular weight is 430 g/mol. The average Bonchev–Trinajstić information content (AvgIpc) is 2.81. The van der Waals surface area contributed by atoms with E-state index in [4.69, 9.17) is 23.9 Å².